The molecule has 2 heterocycles. The largest absolute Gasteiger partial charge is 0.379 e. The SMILES string of the molecule is CNC(=O)[C@@](C)(CCn1cnc2cc(-c3ccc(CN4CCOCC4)cc3F)c(F)cc2c1=O)S(C)(=O)=O. The molecule has 2 aromatic carbocycles. The molecule has 0 unspecified atom stereocenters. The number of nitrogens with one attached hydrogen (secondary N) is 1. The van der Waals surface area contributed by atoms with Crippen LogP contribution in [0.1, 0.15) is 18.9 Å². The topological polar surface area (TPSA) is 111 Å². The monoisotopic (exact) mass is 548 g/mol. The highest BCUT2D eigenvalue weighted by Gasteiger charge is 2.42. The number of aryl methyl sites for hydroxylation is 1. The molecule has 1 aromatic heterocycles. The second kappa shape index (κ2) is 10.9. The van der Waals surface area contributed by atoms with Gasteiger partial charge in [-0.1, -0.05) is 12.1 Å². The number of ether oxygens (including phenoxy) is 1. The predicted octanol–water partition coefficient (Wildman–Crippen LogP) is 2.11. The van der Waals surface area contributed by atoms with Crippen molar-refractivity contribution >= 4 is 26.6 Å². The van der Waals surface area contributed by atoms with Gasteiger partial charge < -0.3 is 10.1 Å². The predicted molar refractivity (Wildman–Crippen MR) is 139 cm³/mol. The van der Waals surface area contributed by atoms with E-state index >= 15 is 8.78 Å². The standard InChI is InChI=1S/C26H30F2N4O5S/c1-26(25(34)29-2,38(3,35)36)6-7-32-16-30-23-14-19(22(28)13-20(23)24(32)33)18-5-4-17(12-21(18)27)15-31-8-10-37-11-9-31/h4-5,12-14,16H,6-11,15H2,1-3H3,(H,29,34)/t26-/m1/s1. The van der Waals surface area contributed by atoms with Gasteiger partial charge in [-0.05, 0) is 37.1 Å². The molecule has 4 rings (SSSR count). The molecule has 12 heteroatoms. The zero-order chi connectivity index (χ0) is 27.7. The third kappa shape index (κ3) is 5.47. The molecular formula is C26H30F2N4O5S. The van der Waals surface area contributed by atoms with E-state index in [1.54, 1.807) is 6.07 Å². The van der Waals surface area contributed by atoms with E-state index < -0.39 is 37.7 Å². The number of carbonyl (C=O) groups is 1. The number of sulfone groups is 1. The summed E-state index contributed by atoms with van der Waals surface area (Å²) in [6, 6.07) is 6.97. The van der Waals surface area contributed by atoms with Gasteiger partial charge in [0.05, 0.1) is 30.4 Å². The van der Waals surface area contributed by atoms with Crippen molar-refractivity contribution in [2.24, 2.45) is 0 Å². The van der Waals surface area contributed by atoms with E-state index in [1.807, 2.05) is 0 Å². The highest BCUT2D eigenvalue weighted by molar-refractivity contribution is 7.92. The maximum Gasteiger partial charge on any atom is 0.261 e. The molecule has 1 amide bonds. The average Bonchev–Trinajstić information content (AvgIpc) is 2.88. The molecule has 3 aromatic rings. The molecule has 0 aliphatic carbocycles. The first-order valence-electron chi connectivity index (χ1n) is 12.1. The van der Waals surface area contributed by atoms with Crippen molar-refractivity contribution in [3.05, 3.63) is 64.2 Å². The molecule has 1 atom stereocenters. The Labute approximate surface area is 219 Å². The first kappa shape index (κ1) is 27.8. The van der Waals surface area contributed by atoms with Crippen LogP contribution in [0.15, 0.2) is 41.5 Å². The molecule has 1 fully saturated rings. The number of carbonyl (C=O) groups excluding carboxylic acids is 1. The van der Waals surface area contributed by atoms with Gasteiger partial charge in [-0.2, -0.15) is 0 Å². The van der Waals surface area contributed by atoms with Gasteiger partial charge in [-0.3, -0.25) is 19.1 Å². The summed E-state index contributed by atoms with van der Waals surface area (Å²) < 4.78 is 59.5. The van der Waals surface area contributed by atoms with Crippen LogP contribution >= 0.6 is 0 Å². The Hall–Kier alpha value is -3.22. The lowest BCUT2D eigenvalue weighted by atomic mass is 10.0. The van der Waals surface area contributed by atoms with E-state index in [0.29, 0.717) is 19.8 Å². The highest BCUT2D eigenvalue weighted by Crippen LogP contribution is 2.29. The van der Waals surface area contributed by atoms with Crippen LogP contribution in [0.3, 0.4) is 0 Å². The Bertz CT molecular complexity index is 1540. The van der Waals surface area contributed by atoms with E-state index in [2.05, 4.69) is 15.2 Å². The van der Waals surface area contributed by atoms with Gasteiger partial charge in [0.25, 0.3) is 5.56 Å². The lowest BCUT2D eigenvalue weighted by Crippen LogP contribution is -2.49. The van der Waals surface area contributed by atoms with Crippen molar-refractivity contribution in [2.45, 2.75) is 31.2 Å². The lowest BCUT2D eigenvalue weighted by Gasteiger charge is -2.26. The van der Waals surface area contributed by atoms with Crippen molar-refractivity contribution in [1.82, 2.24) is 19.8 Å². The highest BCUT2D eigenvalue weighted by atomic mass is 32.2. The molecule has 0 radical (unpaired) electrons. The van der Waals surface area contributed by atoms with Gasteiger partial charge in [0, 0.05) is 50.6 Å². The maximum absolute atomic E-state index is 15.2. The summed E-state index contributed by atoms with van der Waals surface area (Å²) in [4.78, 5) is 31.7. The summed E-state index contributed by atoms with van der Waals surface area (Å²) in [5.41, 5.74) is 0.344. The Morgan fingerprint density at radius 1 is 1.13 bits per heavy atom. The second-order valence-electron chi connectivity index (χ2n) is 9.63. The van der Waals surface area contributed by atoms with Crippen LogP contribution in [-0.4, -0.2) is 73.1 Å². The summed E-state index contributed by atoms with van der Waals surface area (Å²) in [6.07, 6.45) is 1.97. The quantitative estimate of drug-likeness (QED) is 0.459. The minimum absolute atomic E-state index is 0.0261. The first-order valence-corrected chi connectivity index (χ1v) is 14.0. The number of rotatable bonds is 8. The van der Waals surface area contributed by atoms with Crippen LogP contribution in [0.2, 0.25) is 0 Å². The Kier molecular flexibility index (Phi) is 7.96. The summed E-state index contributed by atoms with van der Waals surface area (Å²) in [5.74, 6) is -2.08. The van der Waals surface area contributed by atoms with Crippen molar-refractivity contribution in [3.8, 4) is 11.1 Å². The number of benzene rings is 2. The van der Waals surface area contributed by atoms with Gasteiger partial charge in [0.1, 0.15) is 16.4 Å². The molecule has 1 saturated heterocycles. The van der Waals surface area contributed by atoms with Crippen LogP contribution in [0.5, 0.6) is 0 Å². The third-order valence-electron chi connectivity index (χ3n) is 7.10. The summed E-state index contributed by atoms with van der Waals surface area (Å²) in [6.45, 7) is 4.47. The molecule has 204 valence electrons. The van der Waals surface area contributed by atoms with E-state index in [4.69, 9.17) is 4.74 Å². The summed E-state index contributed by atoms with van der Waals surface area (Å²) in [5, 5.41) is 2.30. The molecule has 0 spiro atoms. The number of hydrogen-bond donors (Lipinski definition) is 1. The maximum atomic E-state index is 15.2. The molecule has 0 saturated carbocycles. The lowest BCUT2D eigenvalue weighted by molar-refractivity contribution is -0.123. The van der Waals surface area contributed by atoms with Gasteiger partial charge >= 0.3 is 0 Å². The molecule has 1 N–H and O–H groups in total. The van der Waals surface area contributed by atoms with Crippen molar-refractivity contribution in [3.63, 3.8) is 0 Å². The van der Waals surface area contributed by atoms with Crippen LogP contribution in [0.25, 0.3) is 22.0 Å². The Balaban J connectivity index is 1.62. The zero-order valence-corrected chi connectivity index (χ0v) is 22.3. The molecule has 1 aliphatic rings. The number of hydrogen-bond acceptors (Lipinski definition) is 7. The minimum atomic E-state index is -3.81. The number of nitrogens with zero attached hydrogens (tertiary/aromatic N) is 3. The van der Waals surface area contributed by atoms with Crippen molar-refractivity contribution in [1.29, 1.82) is 0 Å². The summed E-state index contributed by atoms with van der Waals surface area (Å²) in [7, 11) is -2.48. The van der Waals surface area contributed by atoms with E-state index in [0.717, 1.165) is 35.5 Å². The minimum Gasteiger partial charge on any atom is -0.379 e. The molecule has 0 bridgehead atoms. The van der Waals surface area contributed by atoms with Crippen LogP contribution < -0.4 is 10.9 Å². The Morgan fingerprint density at radius 3 is 2.45 bits per heavy atom. The molecule has 38 heavy (non-hydrogen) atoms. The molecule has 9 nitrogen and oxygen atoms in total. The van der Waals surface area contributed by atoms with Gasteiger partial charge in [-0.15, -0.1) is 0 Å². The number of fused-ring (bicyclic) bond motifs is 1. The van der Waals surface area contributed by atoms with Crippen LogP contribution in [-0.2, 0) is 32.5 Å². The smallest absolute Gasteiger partial charge is 0.261 e. The Morgan fingerprint density at radius 2 is 1.82 bits per heavy atom. The van der Waals surface area contributed by atoms with Crippen LogP contribution in [0.4, 0.5) is 8.78 Å². The van der Waals surface area contributed by atoms with Gasteiger partial charge in [0.2, 0.25) is 5.91 Å². The van der Waals surface area contributed by atoms with Crippen molar-refractivity contribution < 1.29 is 26.7 Å². The summed E-state index contributed by atoms with van der Waals surface area (Å²) >= 11 is 0. The third-order valence-corrected chi connectivity index (χ3v) is 9.13. The van der Waals surface area contributed by atoms with E-state index in [-0.39, 0.29) is 35.0 Å². The number of aromatic nitrogens is 2. The van der Waals surface area contributed by atoms with E-state index in [9.17, 15) is 18.0 Å². The van der Waals surface area contributed by atoms with Crippen LogP contribution in [0, 0.1) is 11.6 Å². The fraction of sp³-hybridized carbons (Fsp3) is 0.423. The fourth-order valence-electron chi connectivity index (χ4n) is 4.50. The normalized spacial score (nSPS) is 16.3. The average molecular weight is 549 g/mol. The van der Waals surface area contributed by atoms with Gasteiger partial charge in [-0.25, -0.2) is 22.2 Å². The zero-order valence-electron chi connectivity index (χ0n) is 21.5. The number of amides is 1. The fourth-order valence-corrected chi connectivity index (χ4v) is 5.40. The molecular weight excluding hydrogens is 518 g/mol. The van der Waals surface area contributed by atoms with Crippen molar-refractivity contribution in [2.75, 3.05) is 39.6 Å². The van der Waals surface area contributed by atoms with E-state index in [1.165, 1.54) is 38.5 Å². The number of morpholine rings is 1. The first-order chi connectivity index (χ1) is 17.9. The van der Waals surface area contributed by atoms with Gasteiger partial charge in [0.15, 0.2) is 9.84 Å². The second-order valence-corrected chi connectivity index (χ2v) is 12.1. The number of halogens is 2. The molecule has 1 aliphatic heterocycles.